The summed E-state index contributed by atoms with van der Waals surface area (Å²) >= 11 is 6.67. The molecule has 0 atom stereocenters. The van der Waals surface area contributed by atoms with E-state index in [0.29, 0.717) is 17.8 Å². The van der Waals surface area contributed by atoms with E-state index in [2.05, 4.69) is 55.4 Å². The third-order valence-electron chi connectivity index (χ3n) is 6.84. The van der Waals surface area contributed by atoms with E-state index in [4.69, 9.17) is 16.3 Å². The molecule has 7 heteroatoms. The molecule has 1 aliphatic carbocycles. The molecule has 3 fully saturated rings. The Labute approximate surface area is 187 Å². The predicted octanol–water partition coefficient (Wildman–Crippen LogP) is 4.52. The highest BCUT2D eigenvalue weighted by molar-refractivity contribution is 6.33. The van der Waals surface area contributed by atoms with Crippen LogP contribution < -0.4 is 10.2 Å². The molecule has 4 heterocycles. The second-order valence-corrected chi connectivity index (χ2v) is 9.33. The van der Waals surface area contributed by atoms with Crippen molar-refractivity contribution in [2.24, 2.45) is 0 Å². The van der Waals surface area contributed by atoms with Crippen LogP contribution in [0.25, 0.3) is 22.3 Å². The van der Waals surface area contributed by atoms with Crippen molar-refractivity contribution in [3.63, 3.8) is 0 Å². The molecule has 3 aliphatic rings. The number of hydrogen-bond acceptors (Lipinski definition) is 5. The molecule has 1 N–H and O–H groups in total. The number of nitrogens with one attached hydrogen (secondary N) is 1. The number of nitrogens with zero attached hydrogens (tertiary/aromatic N) is 4. The highest BCUT2D eigenvalue weighted by Gasteiger charge is 2.39. The highest BCUT2D eigenvalue weighted by Crippen LogP contribution is 2.40. The van der Waals surface area contributed by atoms with Crippen molar-refractivity contribution < 1.29 is 4.74 Å². The Morgan fingerprint density at radius 2 is 1.77 bits per heavy atom. The summed E-state index contributed by atoms with van der Waals surface area (Å²) in [5.74, 6) is 0. The van der Waals surface area contributed by atoms with Crippen LogP contribution in [-0.2, 0) is 4.74 Å². The summed E-state index contributed by atoms with van der Waals surface area (Å²) in [6.07, 6.45) is 12.3. The van der Waals surface area contributed by atoms with E-state index in [1.54, 1.807) is 6.20 Å². The third kappa shape index (κ3) is 3.63. The largest absolute Gasteiger partial charge is 0.370 e. The summed E-state index contributed by atoms with van der Waals surface area (Å²) in [7, 11) is 0. The Balaban J connectivity index is 1.27. The second-order valence-electron chi connectivity index (χ2n) is 8.92. The smallest absolute Gasteiger partial charge is 0.0974 e. The molecule has 0 unspecified atom stereocenters. The molecule has 3 aromatic rings. The van der Waals surface area contributed by atoms with Crippen LogP contribution >= 0.6 is 11.6 Å². The molecule has 2 aromatic heterocycles. The van der Waals surface area contributed by atoms with Crippen molar-refractivity contribution in [3.05, 3.63) is 54.1 Å². The van der Waals surface area contributed by atoms with Crippen molar-refractivity contribution in [2.45, 2.75) is 37.3 Å². The van der Waals surface area contributed by atoms with E-state index in [1.165, 1.54) is 18.4 Å². The predicted molar refractivity (Wildman–Crippen MR) is 122 cm³/mol. The number of anilines is 1. The Morgan fingerprint density at radius 1 is 1.00 bits per heavy atom. The molecule has 0 amide bonds. The van der Waals surface area contributed by atoms with Gasteiger partial charge in [-0.25, -0.2) is 0 Å². The summed E-state index contributed by atoms with van der Waals surface area (Å²) in [5, 5.41) is 8.56. The number of aromatic nitrogens is 3. The monoisotopic (exact) mass is 435 g/mol. The zero-order valence-corrected chi connectivity index (χ0v) is 18.2. The van der Waals surface area contributed by atoms with Gasteiger partial charge in [-0.2, -0.15) is 5.10 Å². The standard InChI is InChI=1S/C24H26ClN5O/c25-22-13-26-12-21(23(22)29-9-7-24(8-10-29)15-27-16-31-24)18-3-1-17(2-4-18)19-11-28-30(14-19)20-5-6-20/h1-4,11-14,20,27H,5-10,15-16H2. The number of hydrogen-bond donors (Lipinski definition) is 1. The Hall–Kier alpha value is -2.41. The normalized spacial score (nSPS) is 20.5. The molecule has 2 aliphatic heterocycles. The lowest BCUT2D eigenvalue weighted by atomic mass is 9.91. The average molecular weight is 436 g/mol. The number of benzene rings is 1. The van der Waals surface area contributed by atoms with Crippen LogP contribution in [0.15, 0.2) is 49.1 Å². The second kappa shape index (κ2) is 7.62. The molecule has 6 rings (SSSR count). The van der Waals surface area contributed by atoms with Gasteiger partial charge >= 0.3 is 0 Å². The SMILES string of the molecule is Clc1cncc(-c2ccc(-c3cnn(C4CC4)c3)cc2)c1N1CCC2(CC1)CNCO2. The average Bonchev–Trinajstić information content (AvgIpc) is 3.36. The van der Waals surface area contributed by atoms with Gasteiger partial charge in [0.2, 0.25) is 0 Å². The number of rotatable bonds is 4. The molecular formula is C24H26ClN5O. The van der Waals surface area contributed by atoms with E-state index < -0.39 is 0 Å². The fourth-order valence-corrected chi connectivity index (χ4v) is 5.10. The van der Waals surface area contributed by atoms with E-state index >= 15 is 0 Å². The van der Waals surface area contributed by atoms with Crippen LogP contribution in [0.2, 0.25) is 5.02 Å². The van der Waals surface area contributed by atoms with E-state index in [1.807, 2.05) is 12.4 Å². The lowest BCUT2D eigenvalue weighted by molar-refractivity contribution is -0.00755. The number of piperidine rings is 1. The van der Waals surface area contributed by atoms with Gasteiger partial charge in [0.25, 0.3) is 0 Å². The summed E-state index contributed by atoms with van der Waals surface area (Å²) in [5.41, 5.74) is 5.61. The Bertz CT molecular complexity index is 1080. The molecule has 160 valence electrons. The molecule has 1 aromatic carbocycles. The Kier molecular flexibility index (Phi) is 4.74. The molecule has 0 bridgehead atoms. The first-order valence-electron chi connectivity index (χ1n) is 11.1. The maximum absolute atomic E-state index is 6.67. The van der Waals surface area contributed by atoms with Crippen LogP contribution in [0.5, 0.6) is 0 Å². The first-order valence-corrected chi connectivity index (χ1v) is 11.5. The van der Waals surface area contributed by atoms with Crippen molar-refractivity contribution >= 4 is 17.3 Å². The zero-order chi connectivity index (χ0) is 20.8. The van der Waals surface area contributed by atoms with E-state index in [9.17, 15) is 0 Å². The molecule has 1 saturated carbocycles. The lowest BCUT2D eigenvalue weighted by Crippen LogP contribution is -2.46. The van der Waals surface area contributed by atoms with Crippen molar-refractivity contribution in [1.29, 1.82) is 0 Å². The van der Waals surface area contributed by atoms with Gasteiger partial charge in [0.15, 0.2) is 0 Å². The van der Waals surface area contributed by atoms with Gasteiger partial charge in [-0.1, -0.05) is 35.9 Å². The van der Waals surface area contributed by atoms with Gasteiger partial charge in [-0.05, 0) is 36.8 Å². The maximum Gasteiger partial charge on any atom is 0.0974 e. The molecule has 0 radical (unpaired) electrons. The van der Waals surface area contributed by atoms with Crippen LogP contribution in [0, 0.1) is 0 Å². The van der Waals surface area contributed by atoms with Gasteiger partial charge in [0.05, 0.1) is 35.3 Å². The zero-order valence-electron chi connectivity index (χ0n) is 17.4. The number of halogens is 1. The lowest BCUT2D eigenvalue weighted by Gasteiger charge is -2.40. The summed E-state index contributed by atoms with van der Waals surface area (Å²) in [6, 6.07) is 9.25. The minimum absolute atomic E-state index is 0.0112. The summed E-state index contributed by atoms with van der Waals surface area (Å²) < 4.78 is 8.09. The molecular weight excluding hydrogens is 410 g/mol. The van der Waals surface area contributed by atoms with Gasteiger partial charge in [0, 0.05) is 49.4 Å². The van der Waals surface area contributed by atoms with Crippen LogP contribution in [-0.4, -0.2) is 46.7 Å². The van der Waals surface area contributed by atoms with E-state index in [-0.39, 0.29) is 5.60 Å². The van der Waals surface area contributed by atoms with E-state index in [0.717, 1.165) is 54.9 Å². The first kappa shape index (κ1) is 19.3. The Morgan fingerprint density at radius 3 is 2.48 bits per heavy atom. The van der Waals surface area contributed by atoms with Crippen LogP contribution in [0.3, 0.4) is 0 Å². The van der Waals surface area contributed by atoms with Gasteiger partial charge < -0.3 is 9.64 Å². The highest BCUT2D eigenvalue weighted by atomic mass is 35.5. The van der Waals surface area contributed by atoms with Crippen molar-refractivity contribution in [2.75, 3.05) is 31.3 Å². The third-order valence-corrected chi connectivity index (χ3v) is 7.12. The van der Waals surface area contributed by atoms with Gasteiger partial charge in [-0.3, -0.25) is 15.0 Å². The minimum atomic E-state index is -0.0112. The number of pyridine rings is 1. The van der Waals surface area contributed by atoms with Crippen LogP contribution in [0.4, 0.5) is 5.69 Å². The molecule has 2 saturated heterocycles. The van der Waals surface area contributed by atoms with Crippen LogP contribution in [0.1, 0.15) is 31.7 Å². The quantitative estimate of drug-likeness (QED) is 0.653. The van der Waals surface area contributed by atoms with Crippen molar-refractivity contribution in [1.82, 2.24) is 20.1 Å². The van der Waals surface area contributed by atoms with Gasteiger partial charge in [-0.15, -0.1) is 0 Å². The maximum atomic E-state index is 6.67. The summed E-state index contributed by atoms with van der Waals surface area (Å²) in [6.45, 7) is 3.46. The fourth-order valence-electron chi connectivity index (χ4n) is 4.82. The molecule has 1 spiro atoms. The molecule has 31 heavy (non-hydrogen) atoms. The summed E-state index contributed by atoms with van der Waals surface area (Å²) in [4.78, 5) is 6.78. The number of ether oxygens (including phenoxy) is 1. The minimum Gasteiger partial charge on any atom is -0.370 e. The topological polar surface area (TPSA) is 55.2 Å². The molecule has 6 nitrogen and oxygen atoms in total. The van der Waals surface area contributed by atoms with Crippen molar-refractivity contribution in [3.8, 4) is 22.3 Å². The fraction of sp³-hybridized carbons (Fsp3) is 0.417. The van der Waals surface area contributed by atoms with Gasteiger partial charge in [0.1, 0.15) is 0 Å². The first-order chi connectivity index (χ1) is 15.2.